The first-order chi connectivity index (χ1) is 8.69. The van der Waals surface area contributed by atoms with E-state index < -0.39 is 18.0 Å². The Labute approximate surface area is 105 Å². The number of ether oxygens (including phenoxy) is 2. The molecule has 1 aliphatic rings. The van der Waals surface area contributed by atoms with Gasteiger partial charge in [-0.2, -0.15) is 0 Å². The third kappa shape index (κ3) is 2.03. The molecule has 0 aromatic heterocycles. The standard InChI is InChI=1S/C13H15NO4/c1-3-14-9-7-5-6-8-10(9)18-13(16)11(14)12(15)17-4-2/h5-8,11H,3-4H2,1-2H3. The molecule has 1 aliphatic heterocycles. The van der Waals surface area contributed by atoms with Crippen LogP contribution in [-0.4, -0.2) is 31.1 Å². The zero-order chi connectivity index (χ0) is 13.1. The van der Waals surface area contributed by atoms with E-state index in [1.165, 1.54) is 0 Å². The van der Waals surface area contributed by atoms with Gasteiger partial charge in [0, 0.05) is 6.54 Å². The Kier molecular flexibility index (Phi) is 3.50. The Morgan fingerprint density at radius 1 is 1.39 bits per heavy atom. The number of hydrogen-bond acceptors (Lipinski definition) is 5. The van der Waals surface area contributed by atoms with Crippen LogP contribution in [0.15, 0.2) is 24.3 Å². The van der Waals surface area contributed by atoms with E-state index in [-0.39, 0.29) is 6.61 Å². The highest BCUT2D eigenvalue weighted by molar-refractivity contribution is 6.05. The van der Waals surface area contributed by atoms with Gasteiger partial charge in [-0.3, -0.25) is 0 Å². The summed E-state index contributed by atoms with van der Waals surface area (Å²) in [4.78, 5) is 25.4. The maximum absolute atomic E-state index is 11.9. The molecular formula is C13H15NO4. The van der Waals surface area contributed by atoms with E-state index in [0.29, 0.717) is 12.3 Å². The summed E-state index contributed by atoms with van der Waals surface area (Å²) in [6.07, 6.45) is 0. The molecule has 96 valence electrons. The Balaban J connectivity index is 2.38. The molecule has 0 aliphatic carbocycles. The predicted molar refractivity (Wildman–Crippen MR) is 65.5 cm³/mol. The Hall–Kier alpha value is -2.04. The van der Waals surface area contributed by atoms with Gasteiger partial charge in [-0.25, -0.2) is 9.59 Å². The number of para-hydroxylation sites is 2. The Morgan fingerprint density at radius 2 is 2.11 bits per heavy atom. The number of likely N-dealkylation sites (N-methyl/N-ethyl adjacent to an activating group) is 1. The number of benzene rings is 1. The van der Waals surface area contributed by atoms with Gasteiger partial charge >= 0.3 is 11.9 Å². The van der Waals surface area contributed by atoms with Crippen LogP contribution in [0.5, 0.6) is 5.75 Å². The van der Waals surface area contributed by atoms with E-state index in [2.05, 4.69) is 0 Å². The smallest absolute Gasteiger partial charge is 0.346 e. The minimum atomic E-state index is -1.01. The van der Waals surface area contributed by atoms with Gasteiger partial charge in [0.15, 0.2) is 5.75 Å². The fraction of sp³-hybridized carbons (Fsp3) is 0.385. The molecule has 1 aromatic carbocycles. The molecule has 0 bridgehead atoms. The SMILES string of the molecule is CCOC(=O)C1C(=O)Oc2ccccc2N1CC. The van der Waals surface area contributed by atoms with Crippen molar-refractivity contribution in [3.05, 3.63) is 24.3 Å². The first-order valence-electron chi connectivity index (χ1n) is 5.93. The number of nitrogens with zero attached hydrogens (tertiary/aromatic N) is 1. The van der Waals surface area contributed by atoms with Crippen molar-refractivity contribution in [2.75, 3.05) is 18.1 Å². The summed E-state index contributed by atoms with van der Waals surface area (Å²) in [6, 6.07) is 6.13. The van der Waals surface area contributed by atoms with Gasteiger partial charge in [0.05, 0.1) is 12.3 Å². The van der Waals surface area contributed by atoms with Crippen molar-refractivity contribution >= 4 is 17.6 Å². The van der Waals surface area contributed by atoms with Gasteiger partial charge in [-0.05, 0) is 26.0 Å². The van der Waals surface area contributed by atoms with Gasteiger partial charge in [-0.15, -0.1) is 0 Å². The highest BCUT2D eigenvalue weighted by Crippen LogP contribution is 2.34. The molecular weight excluding hydrogens is 234 g/mol. The molecule has 5 nitrogen and oxygen atoms in total. The summed E-state index contributed by atoms with van der Waals surface area (Å²) in [7, 11) is 0. The molecule has 18 heavy (non-hydrogen) atoms. The Bertz CT molecular complexity index is 472. The second-order valence-corrected chi connectivity index (χ2v) is 3.83. The van der Waals surface area contributed by atoms with Crippen LogP contribution in [0.2, 0.25) is 0 Å². The maximum atomic E-state index is 11.9. The van der Waals surface area contributed by atoms with E-state index in [0.717, 1.165) is 5.69 Å². The van der Waals surface area contributed by atoms with Crippen molar-refractivity contribution in [2.24, 2.45) is 0 Å². The van der Waals surface area contributed by atoms with Crippen molar-refractivity contribution in [1.29, 1.82) is 0 Å². The zero-order valence-electron chi connectivity index (χ0n) is 10.4. The molecule has 0 spiro atoms. The van der Waals surface area contributed by atoms with Crippen LogP contribution < -0.4 is 9.64 Å². The van der Waals surface area contributed by atoms with Crippen molar-refractivity contribution in [1.82, 2.24) is 0 Å². The highest BCUT2D eigenvalue weighted by Gasteiger charge is 2.40. The topological polar surface area (TPSA) is 55.8 Å². The number of carbonyl (C=O) groups is 2. The molecule has 0 saturated heterocycles. The van der Waals surface area contributed by atoms with Gasteiger partial charge in [0.2, 0.25) is 6.04 Å². The van der Waals surface area contributed by atoms with Crippen molar-refractivity contribution < 1.29 is 19.1 Å². The molecule has 0 saturated carbocycles. The third-order valence-electron chi connectivity index (χ3n) is 2.77. The van der Waals surface area contributed by atoms with Gasteiger partial charge in [0.1, 0.15) is 0 Å². The van der Waals surface area contributed by atoms with E-state index >= 15 is 0 Å². The van der Waals surface area contributed by atoms with E-state index in [1.807, 2.05) is 19.1 Å². The fourth-order valence-corrected chi connectivity index (χ4v) is 2.01. The molecule has 1 heterocycles. The fourth-order valence-electron chi connectivity index (χ4n) is 2.01. The monoisotopic (exact) mass is 249 g/mol. The third-order valence-corrected chi connectivity index (χ3v) is 2.77. The lowest BCUT2D eigenvalue weighted by Gasteiger charge is -2.34. The molecule has 2 rings (SSSR count). The summed E-state index contributed by atoms with van der Waals surface area (Å²) in [5, 5.41) is 0. The molecule has 0 amide bonds. The second-order valence-electron chi connectivity index (χ2n) is 3.83. The van der Waals surface area contributed by atoms with E-state index in [4.69, 9.17) is 9.47 Å². The number of esters is 2. The van der Waals surface area contributed by atoms with Crippen molar-refractivity contribution in [3.63, 3.8) is 0 Å². The highest BCUT2D eigenvalue weighted by atomic mass is 16.6. The molecule has 5 heteroatoms. The number of hydrogen-bond donors (Lipinski definition) is 0. The van der Waals surface area contributed by atoms with Crippen molar-refractivity contribution in [2.45, 2.75) is 19.9 Å². The van der Waals surface area contributed by atoms with Crippen LogP contribution in [0, 0.1) is 0 Å². The number of rotatable bonds is 3. The summed E-state index contributed by atoms with van der Waals surface area (Å²) in [5.74, 6) is -0.683. The molecule has 0 fully saturated rings. The molecule has 1 unspecified atom stereocenters. The number of anilines is 1. The van der Waals surface area contributed by atoms with E-state index in [9.17, 15) is 9.59 Å². The quantitative estimate of drug-likeness (QED) is 0.460. The normalized spacial score (nSPS) is 18.0. The average molecular weight is 249 g/mol. The lowest BCUT2D eigenvalue weighted by atomic mass is 10.1. The summed E-state index contributed by atoms with van der Waals surface area (Å²) in [5.41, 5.74) is 0.734. The van der Waals surface area contributed by atoms with Crippen LogP contribution in [-0.2, 0) is 14.3 Å². The lowest BCUT2D eigenvalue weighted by molar-refractivity contribution is -0.153. The Morgan fingerprint density at radius 3 is 2.78 bits per heavy atom. The van der Waals surface area contributed by atoms with E-state index in [1.54, 1.807) is 24.0 Å². The van der Waals surface area contributed by atoms with Crippen molar-refractivity contribution in [3.8, 4) is 5.75 Å². The summed E-state index contributed by atoms with van der Waals surface area (Å²) < 4.78 is 10.1. The minimum absolute atomic E-state index is 0.238. The van der Waals surface area contributed by atoms with Gasteiger partial charge in [-0.1, -0.05) is 12.1 Å². The summed E-state index contributed by atoms with van der Waals surface area (Å²) in [6.45, 7) is 4.34. The first-order valence-corrected chi connectivity index (χ1v) is 5.93. The second kappa shape index (κ2) is 5.08. The van der Waals surface area contributed by atoms with Gasteiger partial charge in [0.25, 0.3) is 0 Å². The maximum Gasteiger partial charge on any atom is 0.346 e. The van der Waals surface area contributed by atoms with Crippen LogP contribution in [0.3, 0.4) is 0 Å². The van der Waals surface area contributed by atoms with Crippen LogP contribution >= 0.6 is 0 Å². The first kappa shape index (κ1) is 12.4. The zero-order valence-corrected chi connectivity index (χ0v) is 10.4. The van der Waals surface area contributed by atoms with Crippen LogP contribution in [0.25, 0.3) is 0 Å². The lowest BCUT2D eigenvalue weighted by Crippen LogP contribution is -2.52. The molecule has 1 aromatic rings. The minimum Gasteiger partial charge on any atom is -0.464 e. The molecule has 0 N–H and O–H groups in total. The van der Waals surface area contributed by atoms with Gasteiger partial charge < -0.3 is 14.4 Å². The summed E-state index contributed by atoms with van der Waals surface area (Å²) >= 11 is 0. The number of fused-ring (bicyclic) bond motifs is 1. The predicted octanol–water partition coefficient (Wildman–Crippen LogP) is 1.36. The molecule has 1 atom stereocenters. The number of carbonyl (C=O) groups excluding carboxylic acids is 2. The van der Waals surface area contributed by atoms with Crippen LogP contribution in [0.4, 0.5) is 5.69 Å². The average Bonchev–Trinajstić information content (AvgIpc) is 2.37. The van der Waals surface area contributed by atoms with Crippen LogP contribution in [0.1, 0.15) is 13.8 Å². The molecule has 0 radical (unpaired) electrons. The largest absolute Gasteiger partial charge is 0.464 e.